The summed E-state index contributed by atoms with van der Waals surface area (Å²) in [6.07, 6.45) is 0.0490. The van der Waals surface area contributed by atoms with Crippen LogP contribution in [0.4, 0.5) is 17.6 Å². The average molecular weight is 889 g/mol. The van der Waals surface area contributed by atoms with Crippen LogP contribution in [0.5, 0.6) is 0 Å². The van der Waals surface area contributed by atoms with Crippen molar-refractivity contribution >= 4 is 28.7 Å². The number of aromatic nitrogens is 2. The van der Waals surface area contributed by atoms with E-state index in [9.17, 15) is 31.9 Å². The molecule has 6 bridgehead atoms. The highest BCUT2D eigenvalue weighted by atomic mass is 19.4. The number of carbonyl (C=O) groups excluding carboxylic acids is 3. The van der Waals surface area contributed by atoms with Crippen molar-refractivity contribution in [3.05, 3.63) is 76.6 Å². The predicted octanol–water partition coefficient (Wildman–Crippen LogP) is 8.22. The van der Waals surface area contributed by atoms with E-state index < -0.39 is 60.0 Å². The summed E-state index contributed by atoms with van der Waals surface area (Å²) in [6.45, 7) is 10.3. The maximum atomic E-state index is 14.8. The second-order valence-corrected chi connectivity index (χ2v) is 19.2. The van der Waals surface area contributed by atoms with Gasteiger partial charge in [-0.3, -0.25) is 24.4 Å². The van der Waals surface area contributed by atoms with Crippen molar-refractivity contribution in [3.8, 4) is 22.4 Å². The van der Waals surface area contributed by atoms with Crippen LogP contribution in [0, 0.1) is 17.3 Å². The van der Waals surface area contributed by atoms with Crippen LogP contribution in [0.25, 0.3) is 33.3 Å². The van der Waals surface area contributed by atoms with Gasteiger partial charge in [0.15, 0.2) is 0 Å². The Balaban J connectivity index is 1.29. The summed E-state index contributed by atoms with van der Waals surface area (Å²) in [4.78, 5) is 48.9. The van der Waals surface area contributed by atoms with E-state index in [4.69, 9.17) is 14.5 Å². The smallest absolute Gasteiger partial charge is 0.392 e. The van der Waals surface area contributed by atoms with E-state index in [0.29, 0.717) is 48.4 Å². The number of rotatable bonds is 8. The summed E-state index contributed by atoms with van der Waals surface area (Å²) < 4.78 is 69.8. The van der Waals surface area contributed by atoms with Crippen molar-refractivity contribution in [3.63, 3.8) is 0 Å². The molecule has 8 rings (SSSR count). The first-order valence-corrected chi connectivity index (χ1v) is 22.7. The van der Waals surface area contributed by atoms with E-state index in [1.807, 2.05) is 25.3 Å². The number of methoxy groups -OCH3 is 1. The number of esters is 1. The molecule has 0 spiro atoms. The van der Waals surface area contributed by atoms with Crippen LogP contribution < -0.4 is 10.7 Å². The summed E-state index contributed by atoms with van der Waals surface area (Å²) in [5, 5.41) is 4.85. The Bertz CT molecular complexity index is 2410. The first-order valence-electron chi connectivity index (χ1n) is 22.7. The molecule has 2 amide bonds. The van der Waals surface area contributed by atoms with Gasteiger partial charge in [-0.1, -0.05) is 32.0 Å². The van der Waals surface area contributed by atoms with Gasteiger partial charge in [0.25, 0.3) is 5.91 Å². The molecule has 1 aliphatic carbocycles. The zero-order valence-electron chi connectivity index (χ0n) is 37.6. The molecule has 11 nitrogen and oxygen atoms in total. The number of piperidine rings is 1. The molecule has 1 unspecified atom stereocenters. The lowest BCUT2D eigenvalue weighted by Crippen LogP contribution is -2.60. The number of alkyl halides is 4. The van der Waals surface area contributed by atoms with Gasteiger partial charge in [0.2, 0.25) is 5.91 Å². The third-order valence-corrected chi connectivity index (χ3v) is 13.7. The van der Waals surface area contributed by atoms with Gasteiger partial charge in [-0.2, -0.15) is 13.2 Å². The minimum absolute atomic E-state index is 0.0629. The molecule has 3 fully saturated rings. The number of nitrogens with zero attached hydrogens (tertiary/aromatic N) is 4. The van der Waals surface area contributed by atoms with Crippen molar-refractivity contribution in [2.75, 3.05) is 40.4 Å². The van der Waals surface area contributed by atoms with Gasteiger partial charge in [0, 0.05) is 54.7 Å². The van der Waals surface area contributed by atoms with Crippen molar-refractivity contribution in [1.82, 2.24) is 30.2 Å². The van der Waals surface area contributed by atoms with Gasteiger partial charge < -0.3 is 24.3 Å². The Labute approximate surface area is 372 Å². The molecule has 2 saturated heterocycles. The molecule has 1 saturated carbocycles. The summed E-state index contributed by atoms with van der Waals surface area (Å²) in [6, 6.07) is 11.5. The lowest BCUT2D eigenvalue weighted by molar-refractivity contribution is -0.156. The number of hydrogen-bond acceptors (Lipinski definition) is 8. The Hall–Kier alpha value is -4.86. The second kappa shape index (κ2) is 18.2. The number of nitrogens with one attached hydrogen (secondary N) is 2. The average Bonchev–Trinajstić information content (AvgIpc) is 4.06. The van der Waals surface area contributed by atoms with E-state index in [1.54, 1.807) is 19.2 Å². The number of fused-ring (bicyclic) bond motifs is 6. The number of likely N-dealkylation sites (tertiary alicyclic amines) is 1. The molecule has 4 aliphatic rings. The standard InChI is InChI=1S/C49H60F4N6O5/c1-7-58-42-11-10-32-21-35(42)38(44(58)37-22-34(26-54-43(37)28(2)63-6)31-12-15-57(5)16-13-31)24-48(3,4)27-64-47(62)40-9-8-14-59(56-40)46(61)41(20-29-17-30(25-50)19-33(32)18-29)55-45(60)36-23-39(36)49(51,52)53/h10-11,17-19,21-22,26,28,31,36,39-41,56H,7-9,12-16,20,23-25,27H2,1-6H3,(H,55,60)/t28-,36-,39?,40-,41-/m0/s1. The highest BCUT2D eigenvalue weighted by molar-refractivity contribution is 5.96. The van der Waals surface area contributed by atoms with Gasteiger partial charge >= 0.3 is 12.1 Å². The molecular weight excluding hydrogens is 829 g/mol. The van der Waals surface area contributed by atoms with Crippen LogP contribution in [0.15, 0.2) is 48.7 Å². The number of cyclic esters (lactones) is 1. The molecule has 0 radical (unpaired) electrons. The van der Waals surface area contributed by atoms with E-state index in [-0.39, 0.29) is 32.1 Å². The number of amides is 2. The van der Waals surface area contributed by atoms with Crippen molar-refractivity contribution in [2.24, 2.45) is 17.3 Å². The molecule has 3 aliphatic heterocycles. The van der Waals surface area contributed by atoms with E-state index in [2.05, 4.69) is 66.2 Å². The Morgan fingerprint density at radius 1 is 1.06 bits per heavy atom. The lowest BCUT2D eigenvalue weighted by Gasteiger charge is -2.35. The van der Waals surface area contributed by atoms with Crippen molar-refractivity contribution in [1.29, 1.82) is 0 Å². The molecule has 2 aromatic carbocycles. The number of carbonyl (C=O) groups is 3. The SMILES string of the molecule is CCn1c(-c2cc(C3CCN(C)CC3)cnc2[C@H](C)OC)c2c3cc(ccc31)-c1cc(CF)cc(c1)C[C@H](NC(=O)[C@H]1CC1C(F)(F)F)C(=O)N1CCC[C@H](N1)C(=O)OCC(C)(C)C2. The van der Waals surface area contributed by atoms with Gasteiger partial charge in [-0.15, -0.1) is 0 Å². The first kappa shape index (κ1) is 45.7. The molecule has 5 atom stereocenters. The molecule has 2 N–H and O–H groups in total. The van der Waals surface area contributed by atoms with Crippen molar-refractivity contribution in [2.45, 2.75) is 116 Å². The number of pyridine rings is 1. The van der Waals surface area contributed by atoms with Crippen LogP contribution >= 0.6 is 0 Å². The highest BCUT2D eigenvalue weighted by Crippen LogP contribution is 2.50. The Morgan fingerprint density at radius 3 is 2.52 bits per heavy atom. The van der Waals surface area contributed by atoms with E-state index in [0.717, 1.165) is 64.9 Å². The zero-order chi connectivity index (χ0) is 45.7. The molecule has 64 heavy (non-hydrogen) atoms. The van der Waals surface area contributed by atoms with Gasteiger partial charge in [0.05, 0.1) is 35.9 Å². The number of aryl methyl sites for hydroxylation is 1. The maximum Gasteiger partial charge on any atom is 0.392 e. The van der Waals surface area contributed by atoms with E-state index >= 15 is 0 Å². The monoisotopic (exact) mass is 888 g/mol. The zero-order valence-corrected chi connectivity index (χ0v) is 37.6. The van der Waals surface area contributed by atoms with Gasteiger partial charge in [-0.25, -0.2) is 9.82 Å². The predicted molar refractivity (Wildman–Crippen MR) is 236 cm³/mol. The molecular formula is C49H60F4N6O5. The number of ether oxygens (including phenoxy) is 2. The third kappa shape index (κ3) is 9.44. The highest BCUT2D eigenvalue weighted by Gasteiger charge is 2.59. The Kier molecular flexibility index (Phi) is 13.0. The number of hydrogen-bond donors (Lipinski definition) is 2. The summed E-state index contributed by atoms with van der Waals surface area (Å²) in [5.74, 6) is -4.76. The lowest BCUT2D eigenvalue weighted by atomic mass is 9.83. The van der Waals surface area contributed by atoms with Crippen molar-refractivity contribution < 1.29 is 41.4 Å². The summed E-state index contributed by atoms with van der Waals surface area (Å²) in [5.41, 5.74) is 10.8. The first-order chi connectivity index (χ1) is 30.5. The topological polar surface area (TPSA) is 118 Å². The fourth-order valence-corrected chi connectivity index (χ4v) is 9.99. The molecule has 344 valence electrons. The number of halogens is 4. The van der Waals surface area contributed by atoms with E-state index in [1.165, 1.54) is 10.6 Å². The van der Waals surface area contributed by atoms with Crippen LogP contribution in [0.3, 0.4) is 0 Å². The number of benzene rings is 2. The largest absolute Gasteiger partial charge is 0.464 e. The molecule has 2 aromatic heterocycles. The maximum absolute atomic E-state index is 14.8. The van der Waals surface area contributed by atoms with Crippen LogP contribution in [0.2, 0.25) is 0 Å². The molecule has 4 aromatic rings. The van der Waals surface area contributed by atoms with Crippen LogP contribution in [-0.4, -0.2) is 95.9 Å². The minimum atomic E-state index is -4.54. The van der Waals surface area contributed by atoms with Crippen LogP contribution in [0.1, 0.15) is 99.8 Å². The minimum Gasteiger partial charge on any atom is -0.464 e. The summed E-state index contributed by atoms with van der Waals surface area (Å²) in [7, 11) is 3.83. The molecule has 5 heterocycles. The second-order valence-electron chi connectivity index (χ2n) is 19.2. The Morgan fingerprint density at radius 2 is 1.83 bits per heavy atom. The van der Waals surface area contributed by atoms with Gasteiger partial charge in [-0.05, 0) is 136 Å². The fourth-order valence-electron chi connectivity index (χ4n) is 9.99. The van der Waals surface area contributed by atoms with Crippen LogP contribution in [-0.2, 0) is 49.9 Å². The molecule has 15 heteroatoms. The normalized spacial score (nSPS) is 24.0. The fraction of sp³-hybridized carbons (Fsp3) is 0.551. The summed E-state index contributed by atoms with van der Waals surface area (Å²) >= 11 is 0. The van der Waals surface area contributed by atoms with Gasteiger partial charge in [0.1, 0.15) is 18.8 Å². The third-order valence-electron chi connectivity index (χ3n) is 13.7. The quantitative estimate of drug-likeness (QED) is 0.134. The number of hydrazine groups is 1.